The number of hydrogen-bond donors (Lipinski definition) is 1. The van der Waals surface area contributed by atoms with Crippen LogP contribution in [0.4, 0.5) is 13.2 Å². The van der Waals surface area contributed by atoms with E-state index in [1.165, 1.54) is 12.1 Å². The third kappa shape index (κ3) is 7.29. The van der Waals surface area contributed by atoms with E-state index in [1.54, 1.807) is 0 Å². The van der Waals surface area contributed by atoms with Gasteiger partial charge in [-0.25, -0.2) is 13.1 Å². The van der Waals surface area contributed by atoms with Crippen LogP contribution in [-0.4, -0.2) is 66.0 Å². The number of halogens is 3. The van der Waals surface area contributed by atoms with Crippen LogP contribution < -0.4 is 5.32 Å². The molecule has 12 heteroatoms. The van der Waals surface area contributed by atoms with E-state index in [1.807, 2.05) is 46.0 Å². The first-order valence-corrected chi connectivity index (χ1v) is 14.7. The Bertz CT molecular complexity index is 1410. The molecule has 0 unspecified atom stereocenters. The highest BCUT2D eigenvalue weighted by molar-refractivity contribution is 7.89. The molecule has 1 aliphatic rings. The molecule has 2 aromatic carbocycles. The minimum absolute atomic E-state index is 0.0121. The molecule has 1 saturated heterocycles. The summed E-state index contributed by atoms with van der Waals surface area (Å²) in [5.74, 6) is 0.188. The first-order chi connectivity index (χ1) is 18.9. The maximum atomic E-state index is 13.5. The molecule has 0 saturated carbocycles. The summed E-state index contributed by atoms with van der Waals surface area (Å²) in [4.78, 5) is 13.8. The Kier molecular flexibility index (Phi) is 9.32. The highest BCUT2D eigenvalue weighted by Gasteiger charge is 2.39. The van der Waals surface area contributed by atoms with Crippen LogP contribution in [0.25, 0.3) is 5.69 Å². The van der Waals surface area contributed by atoms with Crippen LogP contribution in [0.1, 0.15) is 37.2 Å². The number of amides is 1. The van der Waals surface area contributed by atoms with E-state index in [4.69, 9.17) is 5.10 Å². The van der Waals surface area contributed by atoms with Crippen molar-refractivity contribution < 1.29 is 26.4 Å². The molecule has 1 amide bonds. The van der Waals surface area contributed by atoms with Gasteiger partial charge in [0.15, 0.2) is 0 Å². The molecule has 216 valence electrons. The van der Waals surface area contributed by atoms with Gasteiger partial charge in [-0.1, -0.05) is 44.2 Å². The molecule has 1 aliphatic heterocycles. The maximum absolute atomic E-state index is 13.5. The Morgan fingerprint density at radius 2 is 1.70 bits per heavy atom. The van der Waals surface area contributed by atoms with Crippen LogP contribution in [0.3, 0.4) is 0 Å². The fourth-order valence-electron chi connectivity index (χ4n) is 4.78. The second kappa shape index (κ2) is 12.5. The van der Waals surface area contributed by atoms with Gasteiger partial charge in [0.05, 0.1) is 34.9 Å². The van der Waals surface area contributed by atoms with E-state index in [-0.39, 0.29) is 38.6 Å². The van der Waals surface area contributed by atoms with Crippen LogP contribution in [0, 0.1) is 5.92 Å². The highest BCUT2D eigenvalue weighted by atomic mass is 32.2. The number of alkyl halides is 3. The van der Waals surface area contributed by atoms with E-state index in [0.717, 1.165) is 39.9 Å². The van der Waals surface area contributed by atoms with Gasteiger partial charge in [-0.05, 0) is 55.6 Å². The molecule has 3 aromatic rings. The van der Waals surface area contributed by atoms with E-state index >= 15 is 0 Å². The molecule has 0 radical (unpaired) electrons. The quantitative estimate of drug-likeness (QED) is 0.414. The number of aromatic nitrogens is 2. The predicted octanol–water partition coefficient (Wildman–Crippen LogP) is 4.10. The summed E-state index contributed by atoms with van der Waals surface area (Å²) in [5, 5.41) is 7.58. The van der Waals surface area contributed by atoms with Crippen molar-refractivity contribution in [2.45, 2.75) is 44.3 Å². The Balaban J connectivity index is 1.36. The van der Waals surface area contributed by atoms with Crippen molar-refractivity contribution in [1.82, 2.24) is 24.3 Å². The number of rotatable bonds is 9. The Morgan fingerprint density at radius 1 is 1.00 bits per heavy atom. The molecule has 0 bridgehead atoms. The minimum Gasteiger partial charge on any atom is -0.349 e. The fraction of sp³-hybridized carbons (Fsp3) is 0.429. The smallest absolute Gasteiger partial charge is 0.349 e. The normalized spacial score (nSPS) is 15.8. The van der Waals surface area contributed by atoms with Gasteiger partial charge in [-0.2, -0.15) is 22.6 Å². The molecule has 40 heavy (non-hydrogen) atoms. The van der Waals surface area contributed by atoms with E-state index in [2.05, 4.69) is 19.2 Å². The third-order valence-electron chi connectivity index (χ3n) is 6.64. The number of sulfonamides is 1. The van der Waals surface area contributed by atoms with Gasteiger partial charge in [0.2, 0.25) is 15.9 Å². The first-order valence-electron chi connectivity index (χ1n) is 13.2. The molecule has 1 N–H and O–H groups in total. The third-order valence-corrected chi connectivity index (χ3v) is 8.60. The van der Waals surface area contributed by atoms with Gasteiger partial charge in [-0.3, -0.25) is 9.69 Å². The van der Waals surface area contributed by atoms with Gasteiger partial charge in [-0.15, -0.1) is 0 Å². The molecule has 1 fully saturated rings. The molecule has 0 atom stereocenters. The number of carbonyl (C=O) groups excluding carboxylic acids is 1. The summed E-state index contributed by atoms with van der Waals surface area (Å²) in [6, 6.07) is 16.0. The average molecular weight is 578 g/mol. The van der Waals surface area contributed by atoms with Crippen LogP contribution in [0.15, 0.2) is 65.6 Å². The Labute approximate surface area is 232 Å². The first kappa shape index (κ1) is 29.8. The lowest BCUT2D eigenvalue weighted by molar-refractivity contribution is -0.140. The number of hydrogen-bond acceptors (Lipinski definition) is 5. The lowest BCUT2D eigenvalue weighted by Crippen LogP contribution is -2.40. The zero-order chi connectivity index (χ0) is 28.9. The molecular weight excluding hydrogens is 543 g/mol. The summed E-state index contributed by atoms with van der Waals surface area (Å²) >= 11 is 0. The second-order valence-electron chi connectivity index (χ2n) is 10.3. The molecule has 0 aliphatic carbocycles. The maximum Gasteiger partial charge on any atom is 0.417 e. The van der Waals surface area contributed by atoms with Crippen molar-refractivity contribution in [3.8, 4) is 5.69 Å². The van der Waals surface area contributed by atoms with Crippen LogP contribution in [-0.2, 0) is 34.0 Å². The number of nitrogens with zero attached hydrogens (tertiary/aromatic N) is 4. The van der Waals surface area contributed by atoms with Gasteiger partial charge in [0.25, 0.3) is 0 Å². The number of carbonyl (C=O) groups is 1. The van der Waals surface area contributed by atoms with Crippen molar-refractivity contribution in [2.75, 3.05) is 32.7 Å². The summed E-state index contributed by atoms with van der Waals surface area (Å²) in [7, 11) is -4.36. The van der Waals surface area contributed by atoms with Crippen molar-refractivity contribution in [2.24, 2.45) is 5.92 Å². The molecule has 0 spiro atoms. The van der Waals surface area contributed by atoms with Crippen molar-refractivity contribution in [3.05, 3.63) is 77.6 Å². The van der Waals surface area contributed by atoms with Crippen molar-refractivity contribution in [3.63, 3.8) is 0 Å². The van der Waals surface area contributed by atoms with Crippen LogP contribution in [0.2, 0.25) is 0 Å². The topological polar surface area (TPSA) is 87.5 Å². The van der Waals surface area contributed by atoms with Crippen molar-refractivity contribution in [1.29, 1.82) is 0 Å². The minimum atomic E-state index is -4.79. The monoisotopic (exact) mass is 577 g/mol. The zero-order valence-electron chi connectivity index (χ0n) is 22.6. The zero-order valence-corrected chi connectivity index (χ0v) is 23.4. The fourth-order valence-corrected chi connectivity index (χ4v) is 6.46. The van der Waals surface area contributed by atoms with Crippen LogP contribution in [0.5, 0.6) is 0 Å². The van der Waals surface area contributed by atoms with Gasteiger partial charge in [0, 0.05) is 25.3 Å². The predicted molar refractivity (Wildman–Crippen MR) is 145 cm³/mol. The standard InChI is InChI=1S/C28H34F3N5O3S/c1-21(2)17-24-18-22(33-36(24)23-9-4-3-5-10-23)19-32-27(37)20-34-13-8-14-35(16-15-34)40(38,39)26-12-7-6-11-25(26)28(29,30)31/h3-7,9-12,18,21H,8,13-17,19-20H2,1-2H3,(H,32,37). The Hall–Kier alpha value is -3.22. The van der Waals surface area contributed by atoms with E-state index < -0.39 is 26.7 Å². The molecule has 1 aromatic heterocycles. The summed E-state index contributed by atoms with van der Waals surface area (Å²) < 4.78 is 69.5. The Morgan fingerprint density at radius 3 is 2.40 bits per heavy atom. The lowest BCUT2D eigenvalue weighted by atomic mass is 10.1. The van der Waals surface area contributed by atoms with Crippen LogP contribution >= 0.6 is 0 Å². The number of para-hydroxylation sites is 1. The SMILES string of the molecule is CC(C)Cc1cc(CNC(=O)CN2CCCN(S(=O)(=O)c3ccccc3C(F)(F)F)CC2)nn1-c1ccccc1. The summed E-state index contributed by atoms with van der Waals surface area (Å²) in [6.45, 7) is 5.28. The average Bonchev–Trinajstić information content (AvgIpc) is 3.14. The summed E-state index contributed by atoms with van der Waals surface area (Å²) in [5.41, 5.74) is 1.54. The molecule has 8 nitrogen and oxygen atoms in total. The van der Waals surface area contributed by atoms with Gasteiger partial charge < -0.3 is 5.32 Å². The molecular formula is C28H34F3N5O3S. The largest absolute Gasteiger partial charge is 0.417 e. The molecule has 4 rings (SSSR count). The van der Waals surface area contributed by atoms with Gasteiger partial charge in [0.1, 0.15) is 0 Å². The highest BCUT2D eigenvalue weighted by Crippen LogP contribution is 2.35. The number of benzene rings is 2. The molecule has 2 heterocycles. The van der Waals surface area contributed by atoms with E-state index in [9.17, 15) is 26.4 Å². The lowest BCUT2D eigenvalue weighted by Gasteiger charge is -2.23. The summed E-state index contributed by atoms with van der Waals surface area (Å²) in [6.07, 6.45) is -3.57. The van der Waals surface area contributed by atoms with E-state index in [0.29, 0.717) is 18.9 Å². The number of nitrogens with one attached hydrogen (secondary N) is 1. The van der Waals surface area contributed by atoms with Gasteiger partial charge >= 0.3 is 6.18 Å². The van der Waals surface area contributed by atoms with Crippen molar-refractivity contribution >= 4 is 15.9 Å². The second-order valence-corrected chi connectivity index (χ2v) is 12.2.